The van der Waals surface area contributed by atoms with Crippen LogP contribution in [0.15, 0.2) is 30.3 Å². The van der Waals surface area contributed by atoms with Crippen LogP contribution in [-0.4, -0.2) is 32.7 Å². The average Bonchev–Trinajstić information content (AvgIpc) is 2.49. The highest BCUT2D eigenvalue weighted by Gasteiger charge is 2.30. The third-order valence-corrected chi connectivity index (χ3v) is 3.94. The van der Waals surface area contributed by atoms with Crippen molar-refractivity contribution in [2.24, 2.45) is 5.92 Å². The molecule has 2 saturated heterocycles. The van der Waals surface area contributed by atoms with Crippen LogP contribution in [0, 0.1) is 5.92 Å². The summed E-state index contributed by atoms with van der Waals surface area (Å²) in [6.07, 6.45) is 2.62. The average molecular weight is 248 g/mol. The van der Waals surface area contributed by atoms with Gasteiger partial charge in [0.15, 0.2) is 0 Å². The molecule has 0 amide bonds. The number of hydrogen-bond donors (Lipinski definition) is 0. The molecule has 3 rings (SSSR count). The first-order valence-electron chi connectivity index (χ1n) is 6.75. The van der Waals surface area contributed by atoms with Crippen molar-refractivity contribution in [1.82, 2.24) is 0 Å². The zero-order valence-electron chi connectivity index (χ0n) is 10.6. The maximum absolute atomic E-state index is 6.02. The third-order valence-electron chi connectivity index (χ3n) is 3.94. The van der Waals surface area contributed by atoms with E-state index < -0.39 is 0 Å². The van der Waals surface area contributed by atoms with Crippen molar-refractivity contribution in [1.29, 1.82) is 0 Å². The molecule has 0 aromatic heterocycles. The van der Waals surface area contributed by atoms with Crippen molar-refractivity contribution in [3.63, 3.8) is 0 Å². The Bertz CT molecular complexity index is 351. The van der Waals surface area contributed by atoms with E-state index in [0.29, 0.717) is 24.7 Å². The highest BCUT2D eigenvalue weighted by atomic mass is 16.7. The molecule has 1 aromatic carbocycles. The molecule has 0 radical (unpaired) electrons. The lowest BCUT2D eigenvalue weighted by atomic mass is 9.88. The third kappa shape index (κ3) is 2.74. The molecule has 0 bridgehead atoms. The Morgan fingerprint density at radius 2 is 1.67 bits per heavy atom. The van der Waals surface area contributed by atoms with Crippen LogP contribution in [-0.2, 0) is 14.2 Å². The molecule has 2 aliphatic heterocycles. The van der Waals surface area contributed by atoms with Crippen LogP contribution in [0.5, 0.6) is 0 Å². The summed E-state index contributed by atoms with van der Waals surface area (Å²) in [4.78, 5) is 0. The Balaban J connectivity index is 1.54. The van der Waals surface area contributed by atoms with E-state index in [9.17, 15) is 0 Å². The first kappa shape index (κ1) is 12.2. The van der Waals surface area contributed by atoms with Crippen LogP contribution in [0.4, 0.5) is 0 Å². The second kappa shape index (κ2) is 5.83. The van der Waals surface area contributed by atoms with E-state index in [2.05, 4.69) is 30.3 Å². The fourth-order valence-electron chi connectivity index (χ4n) is 2.85. The number of rotatable bonds is 2. The molecule has 0 spiro atoms. The van der Waals surface area contributed by atoms with Crippen molar-refractivity contribution in [3.05, 3.63) is 35.9 Å². The number of benzene rings is 1. The summed E-state index contributed by atoms with van der Waals surface area (Å²) in [7, 11) is 0. The quantitative estimate of drug-likeness (QED) is 0.805. The van der Waals surface area contributed by atoms with Gasteiger partial charge in [0.1, 0.15) is 6.79 Å². The molecule has 2 unspecified atom stereocenters. The molecule has 2 atom stereocenters. The zero-order chi connectivity index (χ0) is 12.2. The van der Waals surface area contributed by atoms with E-state index in [4.69, 9.17) is 14.2 Å². The van der Waals surface area contributed by atoms with Crippen LogP contribution in [0.1, 0.15) is 24.3 Å². The summed E-state index contributed by atoms with van der Waals surface area (Å²) >= 11 is 0. The lowest BCUT2D eigenvalue weighted by Crippen LogP contribution is -2.38. The second-order valence-corrected chi connectivity index (χ2v) is 5.18. The van der Waals surface area contributed by atoms with Gasteiger partial charge in [0.2, 0.25) is 0 Å². The largest absolute Gasteiger partial charge is 0.377 e. The van der Waals surface area contributed by atoms with Gasteiger partial charge >= 0.3 is 0 Å². The predicted octanol–water partition coefficient (Wildman–Crippen LogP) is 2.57. The van der Waals surface area contributed by atoms with Crippen LogP contribution >= 0.6 is 0 Å². The summed E-state index contributed by atoms with van der Waals surface area (Å²) in [5.74, 6) is 0.961. The van der Waals surface area contributed by atoms with Crippen molar-refractivity contribution < 1.29 is 14.2 Å². The summed E-state index contributed by atoms with van der Waals surface area (Å²) in [6.45, 7) is 2.82. The van der Waals surface area contributed by atoms with Gasteiger partial charge in [-0.05, 0) is 18.4 Å². The molecule has 18 heavy (non-hydrogen) atoms. The number of hydrogen-bond acceptors (Lipinski definition) is 3. The van der Waals surface area contributed by atoms with E-state index >= 15 is 0 Å². The first-order chi connectivity index (χ1) is 8.93. The van der Waals surface area contributed by atoms with E-state index in [1.54, 1.807) is 0 Å². The van der Waals surface area contributed by atoms with Crippen LogP contribution in [0.2, 0.25) is 0 Å². The van der Waals surface area contributed by atoms with E-state index in [1.807, 2.05) is 0 Å². The topological polar surface area (TPSA) is 27.7 Å². The van der Waals surface area contributed by atoms with Crippen LogP contribution < -0.4 is 0 Å². The lowest BCUT2D eigenvalue weighted by Gasteiger charge is -2.35. The van der Waals surface area contributed by atoms with Gasteiger partial charge in [0, 0.05) is 11.8 Å². The van der Waals surface area contributed by atoms with E-state index in [0.717, 1.165) is 26.2 Å². The fraction of sp³-hybridized carbons (Fsp3) is 0.600. The smallest absolute Gasteiger partial charge is 0.146 e. The fourth-order valence-corrected chi connectivity index (χ4v) is 2.85. The van der Waals surface area contributed by atoms with Gasteiger partial charge in [-0.25, -0.2) is 0 Å². The predicted molar refractivity (Wildman–Crippen MR) is 68.4 cm³/mol. The number of ether oxygens (including phenoxy) is 3. The van der Waals surface area contributed by atoms with Gasteiger partial charge in [-0.2, -0.15) is 0 Å². The molecule has 2 heterocycles. The van der Waals surface area contributed by atoms with Crippen molar-refractivity contribution >= 4 is 0 Å². The van der Waals surface area contributed by atoms with Gasteiger partial charge in [-0.3, -0.25) is 0 Å². The Morgan fingerprint density at radius 1 is 0.889 bits per heavy atom. The second-order valence-electron chi connectivity index (χ2n) is 5.18. The molecule has 3 nitrogen and oxygen atoms in total. The Kier molecular flexibility index (Phi) is 3.93. The summed E-state index contributed by atoms with van der Waals surface area (Å²) < 4.78 is 16.7. The van der Waals surface area contributed by atoms with Crippen molar-refractivity contribution in [2.45, 2.75) is 24.9 Å². The summed E-state index contributed by atoms with van der Waals surface area (Å²) in [6, 6.07) is 10.7. The van der Waals surface area contributed by atoms with Gasteiger partial charge in [-0.1, -0.05) is 30.3 Å². The minimum atomic E-state index is 0.310. The Morgan fingerprint density at radius 3 is 2.33 bits per heavy atom. The molecule has 98 valence electrons. The van der Waals surface area contributed by atoms with Crippen molar-refractivity contribution in [3.8, 4) is 0 Å². The minimum absolute atomic E-state index is 0.310. The van der Waals surface area contributed by atoms with Crippen molar-refractivity contribution in [2.75, 3.05) is 26.6 Å². The molecular formula is C15H20O3. The highest BCUT2D eigenvalue weighted by Crippen LogP contribution is 2.31. The summed E-state index contributed by atoms with van der Waals surface area (Å²) in [5.41, 5.74) is 1.40. The molecule has 3 heteroatoms. The van der Waals surface area contributed by atoms with Crippen LogP contribution in [0.3, 0.4) is 0 Å². The SMILES string of the molecule is c1ccc(C2CCC(C3COCOC3)OC2)cc1. The Labute approximate surface area is 108 Å². The maximum Gasteiger partial charge on any atom is 0.146 e. The van der Waals surface area contributed by atoms with Gasteiger partial charge < -0.3 is 14.2 Å². The maximum atomic E-state index is 6.02. The van der Waals surface area contributed by atoms with Gasteiger partial charge in [-0.15, -0.1) is 0 Å². The summed E-state index contributed by atoms with van der Waals surface area (Å²) in [5, 5.41) is 0. The molecule has 2 aliphatic rings. The zero-order valence-corrected chi connectivity index (χ0v) is 10.6. The molecule has 0 aliphatic carbocycles. The van der Waals surface area contributed by atoms with E-state index in [-0.39, 0.29) is 0 Å². The minimum Gasteiger partial charge on any atom is -0.377 e. The van der Waals surface area contributed by atoms with Crippen LogP contribution in [0.25, 0.3) is 0 Å². The molecule has 0 N–H and O–H groups in total. The standard InChI is InChI=1S/C15H20O3/c1-2-4-12(5-3-1)13-6-7-15(18-10-13)14-8-16-11-17-9-14/h1-5,13-15H,6-11H2. The Hall–Kier alpha value is -0.900. The first-order valence-corrected chi connectivity index (χ1v) is 6.75. The molecule has 0 saturated carbocycles. The van der Waals surface area contributed by atoms with Gasteiger partial charge in [0.25, 0.3) is 0 Å². The monoisotopic (exact) mass is 248 g/mol. The molecule has 2 fully saturated rings. The van der Waals surface area contributed by atoms with Gasteiger partial charge in [0.05, 0.1) is 25.9 Å². The lowest BCUT2D eigenvalue weighted by molar-refractivity contribution is -0.164. The normalized spacial score (nSPS) is 30.2. The highest BCUT2D eigenvalue weighted by molar-refractivity contribution is 5.19. The van der Waals surface area contributed by atoms with E-state index in [1.165, 1.54) is 12.0 Å². The molecular weight excluding hydrogens is 228 g/mol. The molecule has 1 aromatic rings.